The van der Waals surface area contributed by atoms with Gasteiger partial charge in [0.15, 0.2) is 6.61 Å². The second-order valence-corrected chi connectivity index (χ2v) is 8.71. The Kier molecular flexibility index (Phi) is 7.02. The molecule has 170 valence electrons. The second-order valence-electron chi connectivity index (χ2n) is 8.71. The number of hydrogen-bond acceptors (Lipinski definition) is 5. The molecule has 3 rings (SSSR count). The van der Waals surface area contributed by atoms with E-state index < -0.39 is 24.4 Å². The van der Waals surface area contributed by atoms with Crippen molar-refractivity contribution < 1.29 is 24.2 Å². The van der Waals surface area contributed by atoms with E-state index in [4.69, 9.17) is 9.84 Å². The summed E-state index contributed by atoms with van der Waals surface area (Å²) in [5.74, 6) is -1.98. The summed E-state index contributed by atoms with van der Waals surface area (Å²) in [5, 5.41) is 11.2. The van der Waals surface area contributed by atoms with Crippen LogP contribution in [-0.4, -0.2) is 60.6 Å². The summed E-state index contributed by atoms with van der Waals surface area (Å²) in [6.07, 6.45) is 0. The van der Waals surface area contributed by atoms with Gasteiger partial charge in [-0.25, -0.2) is 4.79 Å². The lowest BCUT2D eigenvalue weighted by atomic mass is 9.85. The predicted molar refractivity (Wildman–Crippen MR) is 122 cm³/mol. The molecule has 2 N–H and O–H groups in total. The van der Waals surface area contributed by atoms with E-state index in [0.29, 0.717) is 37.6 Å². The number of hydrogen-bond donors (Lipinski definition) is 2. The van der Waals surface area contributed by atoms with Gasteiger partial charge in [-0.15, -0.1) is 0 Å². The van der Waals surface area contributed by atoms with Crippen molar-refractivity contribution >= 4 is 29.2 Å². The zero-order valence-electron chi connectivity index (χ0n) is 18.6. The van der Waals surface area contributed by atoms with Crippen molar-refractivity contribution in [3.63, 3.8) is 0 Å². The number of rotatable bonds is 5. The second kappa shape index (κ2) is 9.72. The van der Waals surface area contributed by atoms with Gasteiger partial charge in [-0.1, -0.05) is 39.0 Å². The van der Waals surface area contributed by atoms with Gasteiger partial charge in [-0.2, -0.15) is 0 Å². The van der Waals surface area contributed by atoms with Crippen LogP contribution in [0.15, 0.2) is 48.5 Å². The molecule has 2 aromatic carbocycles. The van der Waals surface area contributed by atoms with E-state index in [-0.39, 0.29) is 5.41 Å². The molecule has 0 aliphatic carbocycles. The van der Waals surface area contributed by atoms with Crippen LogP contribution in [0.5, 0.6) is 5.75 Å². The number of amides is 2. The zero-order valence-corrected chi connectivity index (χ0v) is 18.6. The van der Waals surface area contributed by atoms with E-state index in [1.54, 1.807) is 17.0 Å². The number of nitrogens with one attached hydrogen (secondary N) is 1. The normalized spacial score (nSPS) is 14.1. The van der Waals surface area contributed by atoms with Crippen LogP contribution in [-0.2, 0) is 19.8 Å². The van der Waals surface area contributed by atoms with Crippen molar-refractivity contribution in [3.8, 4) is 5.75 Å². The largest absolute Gasteiger partial charge is 0.482 e. The highest BCUT2D eigenvalue weighted by Gasteiger charge is 2.28. The van der Waals surface area contributed by atoms with Gasteiger partial charge in [0, 0.05) is 37.6 Å². The number of para-hydroxylation sites is 1. The Labute approximate surface area is 187 Å². The Morgan fingerprint density at radius 2 is 1.59 bits per heavy atom. The number of benzene rings is 2. The van der Waals surface area contributed by atoms with E-state index in [1.807, 2.05) is 12.1 Å². The van der Waals surface area contributed by atoms with Gasteiger partial charge < -0.3 is 25.0 Å². The van der Waals surface area contributed by atoms with Gasteiger partial charge in [0.2, 0.25) is 0 Å². The highest BCUT2D eigenvalue weighted by molar-refractivity contribution is 6.39. The molecule has 0 bridgehead atoms. The Bertz CT molecular complexity index is 974. The molecule has 0 aromatic heterocycles. The van der Waals surface area contributed by atoms with Crippen LogP contribution in [0.4, 0.5) is 11.4 Å². The summed E-state index contributed by atoms with van der Waals surface area (Å²) in [5.41, 5.74) is 2.87. The standard InChI is InChI=1S/C24H29N3O5/c1-24(2,3)19-6-4-5-7-20(19)26-12-14-27(15-13-26)23(31)22(30)25-17-8-10-18(11-9-17)32-16-21(28)29/h4-11H,12-16H2,1-3H3,(H,25,30)(H,28,29). The van der Waals surface area contributed by atoms with Crippen molar-refractivity contribution in [1.29, 1.82) is 0 Å². The Morgan fingerprint density at radius 3 is 2.19 bits per heavy atom. The third-order valence-corrected chi connectivity index (χ3v) is 5.29. The lowest BCUT2D eigenvalue weighted by molar-refractivity contribution is -0.143. The highest BCUT2D eigenvalue weighted by atomic mass is 16.5. The summed E-state index contributed by atoms with van der Waals surface area (Å²) in [7, 11) is 0. The van der Waals surface area contributed by atoms with Crippen molar-refractivity contribution in [2.24, 2.45) is 0 Å². The molecule has 8 nitrogen and oxygen atoms in total. The molecule has 0 spiro atoms. The average molecular weight is 440 g/mol. The molecule has 0 radical (unpaired) electrons. The SMILES string of the molecule is CC(C)(C)c1ccccc1N1CCN(C(=O)C(=O)Nc2ccc(OCC(=O)O)cc2)CC1. The molecule has 0 atom stereocenters. The van der Waals surface area contributed by atoms with E-state index in [9.17, 15) is 14.4 Å². The van der Waals surface area contributed by atoms with E-state index >= 15 is 0 Å². The topological polar surface area (TPSA) is 99.2 Å². The fourth-order valence-corrected chi connectivity index (χ4v) is 3.64. The van der Waals surface area contributed by atoms with Crippen LogP contribution in [0.1, 0.15) is 26.3 Å². The summed E-state index contributed by atoms with van der Waals surface area (Å²) in [6.45, 7) is 8.33. The molecule has 2 aromatic rings. The van der Waals surface area contributed by atoms with Crippen LogP contribution in [0.3, 0.4) is 0 Å². The van der Waals surface area contributed by atoms with Gasteiger partial charge in [0.1, 0.15) is 5.75 Å². The highest BCUT2D eigenvalue weighted by Crippen LogP contribution is 2.32. The first-order chi connectivity index (χ1) is 15.1. The number of carbonyl (C=O) groups is 3. The number of nitrogens with zero attached hydrogens (tertiary/aromatic N) is 2. The molecule has 2 amide bonds. The first-order valence-electron chi connectivity index (χ1n) is 10.5. The van der Waals surface area contributed by atoms with Gasteiger partial charge in [0.05, 0.1) is 0 Å². The fourth-order valence-electron chi connectivity index (χ4n) is 3.64. The van der Waals surface area contributed by atoms with Gasteiger partial charge >= 0.3 is 17.8 Å². The maximum absolute atomic E-state index is 12.6. The average Bonchev–Trinajstić information content (AvgIpc) is 2.77. The van der Waals surface area contributed by atoms with Crippen LogP contribution in [0.2, 0.25) is 0 Å². The fraction of sp³-hybridized carbons (Fsp3) is 0.375. The molecule has 0 unspecified atom stereocenters. The summed E-state index contributed by atoms with van der Waals surface area (Å²) >= 11 is 0. The first kappa shape index (κ1) is 23.1. The third kappa shape index (κ3) is 5.78. The van der Waals surface area contributed by atoms with Crippen molar-refractivity contribution in [3.05, 3.63) is 54.1 Å². The quantitative estimate of drug-likeness (QED) is 0.695. The number of carbonyl (C=O) groups excluding carboxylic acids is 2. The molecule has 1 heterocycles. The molecular weight excluding hydrogens is 410 g/mol. The van der Waals surface area contributed by atoms with Crippen molar-refractivity contribution in [2.75, 3.05) is 43.0 Å². The first-order valence-corrected chi connectivity index (χ1v) is 10.5. The monoisotopic (exact) mass is 439 g/mol. The van der Waals surface area contributed by atoms with Crippen molar-refractivity contribution in [2.45, 2.75) is 26.2 Å². The summed E-state index contributed by atoms with van der Waals surface area (Å²) in [4.78, 5) is 39.4. The Morgan fingerprint density at radius 1 is 0.969 bits per heavy atom. The molecule has 1 saturated heterocycles. The van der Waals surface area contributed by atoms with Gasteiger partial charge in [-0.3, -0.25) is 9.59 Å². The molecular formula is C24H29N3O5. The Hall–Kier alpha value is -3.55. The summed E-state index contributed by atoms with van der Waals surface area (Å²) < 4.78 is 5.05. The van der Waals surface area contributed by atoms with E-state index in [0.717, 1.165) is 0 Å². The lowest BCUT2D eigenvalue weighted by Crippen LogP contribution is -2.52. The molecule has 0 saturated carbocycles. The van der Waals surface area contributed by atoms with Crippen LogP contribution in [0.25, 0.3) is 0 Å². The minimum atomic E-state index is -1.07. The third-order valence-electron chi connectivity index (χ3n) is 5.29. The molecule has 1 fully saturated rings. The number of aliphatic carboxylic acids is 1. The molecule has 1 aliphatic rings. The zero-order chi connectivity index (χ0) is 23.3. The number of carboxylic acid groups (broad SMARTS) is 1. The van der Waals surface area contributed by atoms with E-state index in [2.05, 4.69) is 43.1 Å². The van der Waals surface area contributed by atoms with Crippen LogP contribution in [0, 0.1) is 0 Å². The Balaban J connectivity index is 1.55. The molecule has 32 heavy (non-hydrogen) atoms. The minimum Gasteiger partial charge on any atom is -0.482 e. The van der Waals surface area contributed by atoms with Crippen LogP contribution >= 0.6 is 0 Å². The van der Waals surface area contributed by atoms with Crippen molar-refractivity contribution in [1.82, 2.24) is 4.90 Å². The maximum atomic E-state index is 12.6. The number of ether oxygens (including phenoxy) is 1. The maximum Gasteiger partial charge on any atom is 0.341 e. The predicted octanol–water partition coefficient (Wildman–Crippen LogP) is 2.73. The van der Waals surface area contributed by atoms with Crippen LogP contribution < -0.4 is 15.0 Å². The minimum absolute atomic E-state index is 0.0116. The van der Waals surface area contributed by atoms with Gasteiger partial charge in [0.25, 0.3) is 0 Å². The van der Waals surface area contributed by atoms with E-state index in [1.165, 1.54) is 23.4 Å². The number of piperazine rings is 1. The summed E-state index contributed by atoms with van der Waals surface area (Å²) in [6, 6.07) is 14.5. The molecule has 8 heteroatoms. The smallest absolute Gasteiger partial charge is 0.341 e. The molecule has 1 aliphatic heterocycles. The number of anilines is 2. The lowest BCUT2D eigenvalue weighted by Gasteiger charge is -2.38. The van der Waals surface area contributed by atoms with Gasteiger partial charge in [-0.05, 0) is 41.3 Å². The number of carboxylic acids is 1.